The summed E-state index contributed by atoms with van der Waals surface area (Å²) < 4.78 is 19.0. The van der Waals surface area contributed by atoms with Gasteiger partial charge in [0, 0.05) is 10.5 Å². The lowest BCUT2D eigenvalue weighted by Crippen LogP contribution is -2.38. The van der Waals surface area contributed by atoms with Crippen molar-refractivity contribution in [1.29, 1.82) is 0 Å². The molecule has 1 rings (SSSR count). The summed E-state index contributed by atoms with van der Waals surface area (Å²) in [6.07, 6.45) is -0.517. The minimum Gasteiger partial charge on any atom is -0.445 e. The lowest BCUT2D eigenvalue weighted by atomic mass is 10.2. The largest absolute Gasteiger partial charge is 0.445 e. The number of alkyl carbamates (subject to hydrolysis) is 1. The SMILES string of the molecule is CC(C)SP(=O)(SC(C)C)C(NC(=O)OCc1ccccc1)C(C)C. The lowest BCUT2D eigenvalue weighted by Gasteiger charge is -2.32. The standard InChI is InChI=1S/C18H30NO3PS2/c1-13(2)17(23(21,24-14(3)4)25-15(5)6)19-18(20)22-12-16-10-8-7-9-11-16/h7-11,13-15,17H,12H2,1-6H3,(H,19,20). The normalized spacial score (nSPS) is 13.3. The maximum Gasteiger partial charge on any atom is 0.408 e. The minimum absolute atomic E-state index is 0.0487. The van der Waals surface area contributed by atoms with Gasteiger partial charge >= 0.3 is 6.09 Å². The number of rotatable bonds is 9. The van der Waals surface area contributed by atoms with Crippen molar-refractivity contribution in [1.82, 2.24) is 5.32 Å². The molecule has 142 valence electrons. The average Bonchev–Trinajstić information content (AvgIpc) is 2.49. The molecule has 1 aromatic rings. The van der Waals surface area contributed by atoms with Crippen LogP contribution in [0.15, 0.2) is 30.3 Å². The lowest BCUT2D eigenvalue weighted by molar-refractivity contribution is 0.137. The fraction of sp³-hybridized carbons (Fsp3) is 0.611. The molecule has 0 aliphatic rings. The number of carbonyl (C=O) groups excluding carboxylic acids is 1. The van der Waals surface area contributed by atoms with E-state index in [-0.39, 0.29) is 23.0 Å². The van der Waals surface area contributed by atoms with Crippen LogP contribution in [0.2, 0.25) is 0 Å². The molecule has 0 saturated heterocycles. The summed E-state index contributed by atoms with van der Waals surface area (Å²) in [5.41, 5.74) is -1.80. The molecular formula is C18H30NO3PS2. The third-order valence-corrected chi connectivity index (χ3v) is 13.2. The molecule has 25 heavy (non-hydrogen) atoms. The summed E-state index contributed by atoms with van der Waals surface area (Å²) in [5, 5.41) is 3.32. The highest BCUT2D eigenvalue weighted by Gasteiger charge is 2.39. The Balaban J connectivity index is 2.82. The Kier molecular flexibility index (Phi) is 9.47. The predicted octanol–water partition coefficient (Wildman–Crippen LogP) is 6.37. The van der Waals surface area contributed by atoms with Gasteiger partial charge in [0.25, 0.3) is 0 Å². The molecule has 0 aromatic heterocycles. The first-order chi connectivity index (χ1) is 11.6. The van der Waals surface area contributed by atoms with Crippen molar-refractivity contribution >= 4 is 34.4 Å². The maximum atomic E-state index is 13.6. The molecule has 1 aromatic carbocycles. The molecule has 1 atom stereocenters. The zero-order valence-corrected chi connectivity index (χ0v) is 18.4. The van der Waals surface area contributed by atoms with Crippen LogP contribution in [0.1, 0.15) is 47.1 Å². The summed E-state index contributed by atoms with van der Waals surface area (Å²) in [7, 11) is 0. The molecule has 1 unspecified atom stereocenters. The molecule has 0 fully saturated rings. The predicted molar refractivity (Wildman–Crippen MR) is 111 cm³/mol. The first-order valence-corrected chi connectivity index (χ1v) is 13.3. The van der Waals surface area contributed by atoms with Crippen LogP contribution < -0.4 is 5.32 Å². The molecule has 1 N–H and O–H groups in total. The van der Waals surface area contributed by atoms with E-state index in [4.69, 9.17) is 4.74 Å². The number of amides is 1. The molecular weight excluding hydrogens is 373 g/mol. The Morgan fingerprint density at radius 2 is 1.56 bits per heavy atom. The van der Waals surface area contributed by atoms with Crippen molar-refractivity contribution in [2.45, 2.75) is 64.4 Å². The summed E-state index contributed by atoms with van der Waals surface area (Å²) in [5.74, 6) is -0.372. The molecule has 0 saturated carbocycles. The van der Waals surface area contributed by atoms with Crippen LogP contribution in [0, 0.1) is 5.92 Å². The summed E-state index contributed by atoms with van der Waals surface area (Å²) in [4.78, 5) is 12.3. The molecule has 4 nitrogen and oxygen atoms in total. The van der Waals surface area contributed by atoms with Crippen molar-refractivity contribution in [2.75, 3.05) is 0 Å². The van der Waals surface area contributed by atoms with E-state index in [1.807, 2.05) is 71.9 Å². The minimum atomic E-state index is -2.73. The second kappa shape index (κ2) is 10.5. The Morgan fingerprint density at radius 3 is 2.00 bits per heavy atom. The van der Waals surface area contributed by atoms with E-state index in [2.05, 4.69) is 5.32 Å². The first-order valence-electron chi connectivity index (χ1n) is 8.57. The number of benzene rings is 1. The summed E-state index contributed by atoms with van der Waals surface area (Å²) in [6.45, 7) is 12.3. The van der Waals surface area contributed by atoms with Crippen LogP contribution >= 0.6 is 28.3 Å². The van der Waals surface area contributed by atoms with Crippen molar-refractivity contribution in [2.24, 2.45) is 5.92 Å². The highest BCUT2D eigenvalue weighted by atomic mass is 33.1. The molecule has 7 heteroatoms. The Hall–Kier alpha value is -0.580. The van der Waals surface area contributed by atoms with E-state index < -0.39 is 17.4 Å². The van der Waals surface area contributed by atoms with E-state index in [1.165, 1.54) is 22.8 Å². The van der Waals surface area contributed by atoms with Gasteiger partial charge < -0.3 is 10.1 Å². The van der Waals surface area contributed by atoms with Gasteiger partial charge in [0.1, 0.15) is 12.4 Å². The number of nitrogens with one attached hydrogen (secondary N) is 1. The van der Waals surface area contributed by atoms with Crippen molar-refractivity contribution < 1.29 is 14.1 Å². The van der Waals surface area contributed by atoms with Gasteiger partial charge in [-0.1, -0.05) is 94.6 Å². The molecule has 0 heterocycles. The molecule has 0 aliphatic heterocycles. The van der Waals surface area contributed by atoms with Crippen LogP contribution in [0.3, 0.4) is 0 Å². The van der Waals surface area contributed by atoms with Crippen LogP contribution in [0.4, 0.5) is 4.79 Å². The fourth-order valence-electron chi connectivity index (χ4n) is 2.24. The highest BCUT2D eigenvalue weighted by molar-refractivity contribution is 8.91. The van der Waals surface area contributed by atoms with Crippen LogP contribution in [0.25, 0.3) is 0 Å². The number of hydrogen-bond acceptors (Lipinski definition) is 5. The third-order valence-electron chi connectivity index (χ3n) is 3.17. The van der Waals surface area contributed by atoms with E-state index in [1.54, 1.807) is 0 Å². The van der Waals surface area contributed by atoms with E-state index >= 15 is 0 Å². The second-order valence-electron chi connectivity index (χ2n) is 6.74. The molecule has 0 spiro atoms. The molecule has 1 amide bonds. The zero-order valence-electron chi connectivity index (χ0n) is 15.9. The molecule has 0 aliphatic carbocycles. The number of ether oxygens (including phenoxy) is 1. The summed E-state index contributed by atoms with van der Waals surface area (Å²) in [6, 6.07) is 9.53. The van der Waals surface area contributed by atoms with Crippen molar-refractivity contribution in [3.8, 4) is 0 Å². The van der Waals surface area contributed by atoms with Gasteiger partial charge in [-0.2, -0.15) is 0 Å². The summed E-state index contributed by atoms with van der Waals surface area (Å²) >= 11 is 2.94. The first kappa shape index (κ1) is 22.5. The number of carbonyl (C=O) groups is 1. The van der Waals surface area contributed by atoms with Gasteiger partial charge in [0.2, 0.25) is 5.55 Å². The Morgan fingerprint density at radius 1 is 1.04 bits per heavy atom. The van der Waals surface area contributed by atoms with E-state index in [0.717, 1.165) is 5.56 Å². The van der Waals surface area contributed by atoms with E-state index in [9.17, 15) is 9.36 Å². The van der Waals surface area contributed by atoms with Crippen molar-refractivity contribution in [3.05, 3.63) is 35.9 Å². The Labute approximate surface area is 160 Å². The molecule has 0 radical (unpaired) electrons. The van der Waals surface area contributed by atoms with Gasteiger partial charge in [-0.3, -0.25) is 4.57 Å². The second-order valence-corrected chi connectivity index (χ2v) is 15.9. The highest BCUT2D eigenvalue weighted by Crippen LogP contribution is 2.74. The fourth-order valence-corrected chi connectivity index (χ4v) is 14.5. The maximum absolute atomic E-state index is 13.6. The zero-order chi connectivity index (χ0) is 19.0. The van der Waals surface area contributed by atoms with Gasteiger partial charge in [0.05, 0.1) is 0 Å². The van der Waals surface area contributed by atoms with Gasteiger partial charge in [0.15, 0.2) is 0 Å². The van der Waals surface area contributed by atoms with Crippen LogP contribution in [-0.2, 0) is 15.9 Å². The van der Waals surface area contributed by atoms with Gasteiger partial charge in [-0.25, -0.2) is 4.79 Å². The quantitative estimate of drug-likeness (QED) is 0.485. The number of hydrogen-bond donors (Lipinski definition) is 1. The smallest absolute Gasteiger partial charge is 0.408 e. The topological polar surface area (TPSA) is 55.4 Å². The van der Waals surface area contributed by atoms with Gasteiger partial charge in [-0.15, -0.1) is 0 Å². The third kappa shape index (κ3) is 8.10. The molecule has 0 bridgehead atoms. The monoisotopic (exact) mass is 403 g/mol. The van der Waals surface area contributed by atoms with Crippen LogP contribution in [-0.4, -0.2) is 22.4 Å². The van der Waals surface area contributed by atoms with Gasteiger partial charge in [-0.05, 0) is 11.5 Å². The average molecular weight is 404 g/mol. The van der Waals surface area contributed by atoms with E-state index in [0.29, 0.717) is 0 Å². The van der Waals surface area contributed by atoms with Crippen LogP contribution in [0.5, 0.6) is 0 Å². The van der Waals surface area contributed by atoms with Crippen molar-refractivity contribution in [3.63, 3.8) is 0 Å². The Bertz CT molecular complexity index is 565.